The molecule has 0 aliphatic rings. The predicted octanol–water partition coefficient (Wildman–Crippen LogP) is 7.64. The average Bonchev–Trinajstić information content (AvgIpc) is 2.80. The van der Waals surface area contributed by atoms with Gasteiger partial charge in [-0.3, -0.25) is 10.1 Å². The van der Waals surface area contributed by atoms with Crippen LogP contribution in [0.4, 0.5) is 20.4 Å². The third-order valence-corrected chi connectivity index (χ3v) is 6.51. The van der Waals surface area contributed by atoms with E-state index in [1.54, 1.807) is 45.0 Å². The second-order valence-corrected chi connectivity index (χ2v) is 10.4. The monoisotopic (exact) mass is 512 g/mol. The Kier molecular flexibility index (Phi) is 6.96. The molecule has 0 fully saturated rings. The summed E-state index contributed by atoms with van der Waals surface area (Å²) >= 11 is 7.34. The first-order valence-electron chi connectivity index (χ1n) is 10.8. The molecule has 0 saturated heterocycles. The van der Waals surface area contributed by atoms with Crippen molar-refractivity contribution in [1.29, 1.82) is 0 Å². The number of carbonyl (C=O) groups is 1. The number of nitrogens with zero attached hydrogens (tertiary/aromatic N) is 2. The summed E-state index contributed by atoms with van der Waals surface area (Å²) < 4.78 is 33.0. The molecule has 0 unspecified atom stereocenters. The maximum atomic E-state index is 15.4. The quantitative estimate of drug-likeness (QED) is 0.269. The Morgan fingerprint density at radius 2 is 1.83 bits per heavy atom. The Balaban J connectivity index is 1.61. The third kappa shape index (κ3) is 5.55. The summed E-state index contributed by atoms with van der Waals surface area (Å²) in [6, 6.07) is 12.9. The number of nitrogens with one attached hydrogen (secondary N) is 2. The lowest BCUT2D eigenvalue weighted by Gasteiger charge is -2.16. The van der Waals surface area contributed by atoms with Gasteiger partial charge in [-0.25, -0.2) is 18.7 Å². The minimum atomic E-state index is -0.718. The fourth-order valence-corrected chi connectivity index (χ4v) is 4.13. The van der Waals surface area contributed by atoms with Crippen molar-refractivity contribution in [2.75, 3.05) is 10.0 Å². The van der Waals surface area contributed by atoms with E-state index in [0.29, 0.717) is 21.5 Å². The number of benzene rings is 3. The molecule has 5 nitrogen and oxygen atoms in total. The normalized spacial score (nSPS) is 11.5. The van der Waals surface area contributed by atoms with Crippen molar-refractivity contribution in [3.05, 3.63) is 76.9 Å². The first kappa shape index (κ1) is 24.9. The number of halogens is 3. The fraction of sp³-hybridized carbons (Fsp3) is 0.192. The zero-order chi connectivity index (χ0) is 25.3. The van der Waals surface area contributed by atoms with E-state index in [4.69, 9.17) is 11.6 Å². The molecule has 4 aromatic rings. The highest BCUT2D eigenvalue weighted by atomic mass is 35.5. The van der Waals surface area contributed by atoms with Crippen LogP contribution in [0.1, 0.15) is 26.3 Å². The van der Waals surface area contributed by atoms with Crippen LogP contribution in [0, 0.1) is 24.0 Å². The molecule has 0 aliphatic heterocycles. The minimum Gasteiger partial charge on any atom is -0.323 e. The van der Waals surface area contributed by atoms with Crippen molar-refractivity contribution in [3.8, 4) is 11.1 Å². The maximum Gasteiger partial charge on any atom is 0.232 e. The zero-order valence-corrected chi connectivity index (χ0v) is 21.1. The molecule has 0 radical (unpaired) electrons. The molecule has 0 spiro atoms. The molecule has 35 heavy (non-hydrogen) atoms. The summed E-state index contributed by atoms with van der Waals surface area (Å²) in [7, 11) is 0. The molecule has 0 saturated carbocycles. The number of rotatable bonds is 5. The van der Waals surface area contributed by atoms with Gasteiger partial charge in [-0.15, -0.1) is 0 Å². The Hall–Kier alpha value is -3.23. The topological polar surface area (TPSA) is 66.9 Å². The molecule has 0 atom stereocenters. The molecule has 4 rings (SSSR count). The van der Waals surface area contributed by atoms with Crippen LogP contribution in [0.5, 0.6) is 0 Å². The van der Waals surface area contributed by atoms with Gasteiger partial charge in [-0.2, -0.15) is 0 Å². The van der Waals surface area contributed by atoms with Gasteiger partial charge in [0.05, 0.1) is 16.8 Å². The van der Waals surface area contributed by atoms with Crippen molar-refractivity contribution in [1.82, 2.24) is 9.97 Å². The van der Waals surface area contributed by atoms with Gasteiger partial charge >= 0.3 is 0 Å². The molecule has 9 heteroatoms. The largest absolute Gasteiger partial charge is 0.323 e. The van der Waals surface area contributed by atoms with Crippen LogP contribution in [0.15, 0.2) is 59.6 Å². The second-order valence-electron chi connectivity index (χ2n) is 9.07. The van der Waals surface area contributed by atoms with Gasteiger partial charge in [0, 0.05) is 26.9 Å². The Bertz CT molecular complexity index is 1440. The van der Waals surface area contributed by atoms with E-state index in [2.05, 4.69) is 20.0 Å². The smallest absolute Gasteiger partial charge is 0.232 e. The Labute approximate surface area is 211 Å². The number of aromatic nitrogens is 2. The van der Waals surface area contributed by atoms with Gasteiger partial charge in [0.2, 0.25) is 11.9 Å². The molecule has 1 aromatic heterocycles. The molecule has 0 aliphatic carbocycles. The highest BCUT2D eigenvalue weighted by Crippen LogP contribution is 2.34. The predicted molar refractivity (Wildman–Crippen MR) is 139 cm³/mol. The third-order valence-electron chi connectivity index (χ3n) is 5.29. The SMILES string of the molecule is Cc1ccc(SNc2ccc(F)c(-c3ccc4nc(NC(=O)C(C)(C)C)ncc4c3)c2F)cc1Cl. The second kappa shape index (κ2) is 9.79. The van der Waals surface area contributed by atoms with Crippen LogP contribution in [0.25, 0.3) is 22.0 Å². The average molecular weight is 513 g/mol. The first-order chi connectivity index (χ1) is 16.5. The molecule has 2 N–H and O–H groups in total. The highest BCUT2D eigenvalue weighted by Gasteiger charge is 2.22. The van der Waals surface area contributed by atoms with Gasteiger partial charge in [0.1, 0.15) is 5.82 Å². The van der Waals surface area contributed by atoms with E-state index >= 15 is 4.39 Å². The number of carbonyl (C=O) groups excluding carboxylic acids is 1. The number of aryl methyl sites for hydroxylation is 1. The van der Waals surface area contributed by atoms with Crippen molar-refractivity contribution in [2.24, 2.45) is 5.41 Å². The molecule has 0 bridgehead atoms. The Morgan fingerprint density at radius 1 is 1.06 bits per heavy atom. The summed E-state index contributed by atoms with van der Waals surface area (Å²) in [5, 5.41) is 3.87. The molecule has 3 aromatic carbocycles. The van der Waals surface area contributed by atoms with Gasteiger partial charge in [-0.05, 0) is 66.4 Å². The van der Waals surface area contributed by atoms with Crippen LogP contribution in [0.3, 0.4) is 0 Å². The van der Waals surface area contributed by atoms with E-state index < -0.39 is 17.0 Å². The molecular weight excluding hydrogens is 490 g/mol. The molecule has 1 heterocycles. The van der Waals surface area contributed by atoms with Gasteiger partial charge < -0.3 is 4.72 Å². The number of anilines is 2. The van der Waals surface area contributed by atoms with E-state index in [1.165, 1.54) is 30.3 Å². The number of fused-ring (bicyclic) bond motifs is 1. The first-order valence-corrected chi connectivity index (χ1v) is 12.0. The van der Waals surface area contributed by atoms with Gasteiger partial charge in [0.15, 0.2) is 5.82 Å². The van der Waals surface area contributed by atoms with E-state index in [1.807, 2.05) is 19.1 Å². The van der Waals surface area contributed by atoms with Crippen LogP contribution >= 0.6 is 23.5 Å². The van der Waals surface area contributed by atoms with E-state index in [9.17, 15) is 9.18 Å². The Morgan fingerprint density at radius 3 is 2.54 bits per heavy atom. The number of hydrogen-bond donors (Lipinski definition) is 2. The number of hydrogen-bond acceptors (Lipinski definition) is 5. The van der Waals surface area contributed by atoms with E-state index in [-0.39, 0.29) is 23.1 Å². The van der Waals surface area contributed by atoms with Gasteiger partial charge in [-0.1, -0.05) is 44.5 Å². The summed E-state index contributed by atoms with van der Waals surface area (Å²) in [5.74, 6) is -1.45. The zero-order valence-electron chi connectivity index (χ0n) is 19.5. The van der Waals surface area contributed by atoms with E-state index in [0.717, 1.165) is 10.5 Å². The standard InChI is InChI=1S/C26H23ClF2N4OS/c1-14-5-7-17(12-18(14)27)35-33-21-10-8-19(28)22(23(21)29)15-6-9-20-16(11-15)13-30-25(31-20)32-24(34)26(2,3)4/h5-13,33H,1-4H3,(H,30,31,32,34). The van der Waals surface area contributed by atoms with Crippen molar-refractivity contribution in [2.45, 2.75) is 32.6 Å². The van der Waals surface area contributed by atoms with Gasteiger partial charge in [0.25, 0.3) is 0 Å². The van der Waals surface area contributed by atoms with Crippen LogP contribution in [-0.2, 0) is 4.79 Å². The summed E-state index contributed by atoms with van der Waals surface area (Å²) in [5.41, 5.74) is 1.20. The molecule has 180 valence electrons. The van der Waals surface area contributed by atoms with Crippen LogP contribution in [0.2, 0.25) is 5.02 Å². The lowest BCUT2D eigenvalue weighted by atomic mass is 9.96. The molecule has 1 amide bonds. The van der Waals surface area contributed by atoms with Crippen LogP contribution < -0.4 is 10.0 Å². The fourth-order valence-electron chi connectivity index (χ4n) is 3.19. The minimum absolute atomic E-state index is 0.139. The lowest BCUT2D eigenvalue weighted by Crippen LogP contribution is -2.28. The summed E-state index contributed by atoms with van der Waals surface area (Å²) in [6.45, 7) is 7.26. The van der Waals surface area contributed by atoms with Crippen LogP contribution in [-0.4, -0.2) is 15.9 Å². The molecular formula is C26H23ClF2N4OS. The number of amides is 1. The lowest BCUT2D eigenvalue weighted by molar-refractivity contribution is -0.123. The summed E-state index contributed by atoms with van der Waals surface area (Å²) in [6.07, 6.45) is 1.51. The van der Waals surface area contributed by atoms with Crippen molar-refractivity contribution >= 4 is 52.0 Å². The van der Waals surface area contributed by atoms with Crippen molar-refractivity contribution < 1.29 is 13.6 Å². The summed E-state index contributed by atoms with van der Waals surface area (Å²) in [4.78, 5) is 21.5. The highest BCUT2D eigenvalue weighted by molar-refractivity contribution is 8.00. The van der Waals surface area contributed by atoms with Crippen molar-refractivity contribution in [3.63, 3.8) is 0 Å². The maximum absolute atomic E-state index is 15.4.